The molecule has 0 N–H and O–H groups in total. The molecule has 0 spiro atoms. The third-order valence-corrected chi connectivity index (χ3v) is 57.4. The van der Waals surface area contributed by atoms with Crippen LogP contribution in [0.15, 0.2) is 0 Å². The summed E-state index contributed by atoms with van der Waals surface area (Å²) in [6, 6.07) is 0. The molecule has 96 heavy (non-hydrogen) atoms. The van der Waals surface area contributed by atoms with Gasteiger partial charge in [0.1, 0.15) is 18.5 Å². The molecule has 0 heterocycles. The van der Waals surface area contributed by atoms with Gasteiger partial charge in [0.25, 0.3) is 0 Å². The van der Waals surface area contributed by atoms with Gasteiger partial charge < -0.3 is 66.4 Å². The van der Waals surface area contributed by atoms with Crippen molar-refractivity contribution in [3.05, 3.63) is 0 Å². The minimum atomic E-state index is -4.86. The Morgan fingerprint density at radius 3 is 0.604 bits per heavy atom. The maximum absolute atomic E-state index is 7.26. The van der Waals surface area contributed by atoms with Crippen molar-refractivity contribution in [2.45, 2.75) is 226 Å². The summed E-state index contributed by atoms with van der Waals surface area (Å²) in [6.45, 7) is 37.1. The normalized spacial score (nSPS) is 23.7. The predicted molar refractivity (Wildman–Crippen MR) is 480 cm³/mol. The molecule has 11 unspecified atom stereocenters. The molecule has 0 saturated heterocycles. The van der Waals surface area contributed by atoms with Gasteiger partial charge in [-0.25, -0.2) is 0 Å². The summed E-state index contributed by atoms with van der Waals surface area (Å²) in [5.41, 5.74) is -4.98. The Morgan fingerprint density at radius 2 is 0.448 bits per heavy atom. The van der Waals surface area contributed by atoms with Crippen LogP contribution in [0.25, 0.3) is 0 Å². The first-order valence-electron chi connectivity index (χ1n) is 33.1. The Kier molecular flexibility index (Phi) is 43.3. The van der Waals surface area contributed by atoms with Gasteiger partial charge in [0, 0.05) is 136 Å². The fourth-order valence-electron chi connectivity index (χ4n) is 15.2. The Labute approximate surface area is 696 Å². The second-order valence-corrected chi connectivity index (χ2v) is 56.8. The predicted octanol–water partition coefficient (Wildman–Crippen LogP) is 14.4. The van der Waals surface area contributed by atoms with E-state index in [2.05, 4.69) is 0 Å². The molecule has 576 valence electrons. The summed E-state index contributed by atoms with van der Waals surface area (Å²) < 4.78 is 85.5. The molecule has 0 radical (unpaired) electrons. The van der Waals surface area contributed by atoms with Gasteiger partial charge in [0.15, 0.2) is 0 Å². The van der Waals surface area contributed by atoms with E-state index in [1.807, 2.05) is 138 Å². The molecule has 0 aromatic carbocycles. The summed E-state index contributed by atoms with van der Waals surface area (Å²) in [6.07, 6.45) is 0.0733. The van der Waals surface area contributed by atoms with E-state index >= 15 is 0 Å². The van der Waals surface area contributed by atoms with Crippen molar-refractivity contribution in [2.75, 3.05) is 99.1 Å². The van der Waals surface area contributed by atoms with E-state index in [1.54, 1.807) is 0 Å². The van der Waals surface area contributed by atoms with E-state index in [4.69, 9.17) is 319 Å². The van der Waals surface area contributed by atoms with E-state index in [0.29, 0.717) is 0 Å². The highest BCUT2D eigenvalue weighted by molar-refractivity contribution is 8.08. The zero-order valence-corrected chi connectivity index (χ0v) is 82.6. The van der Waals surface area contributed by atoms with Crippen molar-refractivity contribution in [1.82, 2.24) is 0 Å². The molecule has 1 rings (SSSR count). The summed E-state index contributed by atoms with van der Waals surface area (Å²) >= 11 is 124. The monoisotopic (exact) mass is 1810 g/mol. The summed E-state index contributed by atoms with van der Waals surface area (Å²) in [5.74, 6) is -1.45. The van der Waals surface area contributed by atoms with E-state index in [9.17, 15) is 0 Å². The van der Waals surface area contributed by atoms with Gasteiger partial charge in [-0.05, 0) is 123 Å². The molecular formula is C56H122O15S20Si5. The summed E-state index contributed by atoms with van der Waals surface area (Å²) in [5, 5.41) is -5.97. The smallest absolute Gasteiger partial charge is 0.372 e. The molecular weight excluding hydrogens is 1690 g/mol. The average molecular weight is 1820 g/mol. The fourth-order valence-corrected chi connectivity index (χ4v) is 47.3. The lowest BCUT2D eigenvalue weighted by atomic mass is 9.33. The molecule has 15 nitrogen and oxygen atoms in total. The van der Waals surface area contributed by atoms with Crippen LogP contribution in [0, 0.1) is 16.7 Å². The van der Waals surface area contributed by atoms with Gasteiger partial charge in [-0.15, -0.1) is 0 Å². The van der Waals surface area contributed by atoms with Crippen molar-refractivity contribution in [3.8, 4) is 0 Å². The van der Waals surface area contributed by atoms with Crippen LogP contribution in [0.5, 0.6) is 0 Å². The number of hydrogen-bond acceptors (Lipinski definition) is 35. The quantitative estimate of drug-likeness (QED) is 0.0160. The van der Waals surface area contributed by atoms with Crippen LogP contribution in [0.3, 0.4) is 0 Å². The summed E-state index contributed by atoms with van der Waals surface area (Å²) in [7, 11) is -23.9. The van der Waals surface area contributed by atoms with Crippen LogP contribution in [0.2, 0.25) is 0 Å². The topological polar surface area (TPSA) is 138 Å². The van der Waals surface area contributed by atoms with Crippen molar-refractivity contribution < 1.29 is 66.4 Å². The average Bonchev–Trinajstić information content (AvgIpc) is 0.615. The molecule has 1 aliphatic rings. The van der Waals surface area contributed by atoms with E-state index in [1.165, 1.54) is 0 Å². The lowest BCUT2D eigenvalue weighted by Gasteiger charge is -2.85. The van der Waals surface area contributed by atoms with Crippen molar-refractivity contribution in [3.63, 3.8) is 0 Å². The van der Waals surface area contributed by atoms with Crippen LogP contribution in [0.1, 0.15) is 158 Å². The Morgan fingerprint density at radius 1 is 0.281 bits per heavy atom. The van der Waals surface area contributed by atoms with Crippen molar-refractivity contribution >= 4 is 297 Å². The zero-order chi connectivity index (χ0) is 75.3. The van der Waals surface area contributed by atoms with Gasteiger partial charge in [-0.1, -0.05) is 41.0 Å². The fraction of sp³-hybridized carbons (Fsp3) is 1.00. The lowest BCUT2D eigenvalue weighted by molar-refractivity contribution is -0.178. The number of rotatable bonds is 50. The third-order valence-electron chi connectivity index (χ3n) is 18.2. The van der Waals surface area contributed by atoms with E-state index in [0.717, 1.165) is 0 Å². The second-order valence-electron chi connectivity index (χ2n) is 23.1. The number of thiol groups is 20. The molecule has 0 amide bonds. The minimum Gasteiger partial charge on any atom is -0.372 e. The van der Waals surface area contributed by atoms with E-state index in [-0.39, 0.29) is 118 Å². The molecule has 11 atom stereocenters. The Hall–Kier alpha value is 7.48. The van der Waals surface area contributed by atoms with Crippen LogP contribution in [-0.2, 0) is 66.4 Å². The minimum absolute atomic E-state index is 0.00212. The Bertz CT molecular complexity index is 2130. The van der Waals surface area contributed by atoms with Crippen LogP contribution < -0.4 is 0 Å². The second kappa shape index (κ2) is 41.0. The third kappa shape index (κ3) is 16.2. The van der Waals surface area contributed by atoms with Crippen molar-refractivity contribution in [2.24, 2.45) is 16.7 Å². The molecule has 0 aromatic heterocycles. The molecule has 1 fully saturated rings. The van der Waals surface area contributed by atoms with Crippen LogP contribution in [-0.4, -0.2) is 212 Å². The van der Waals surface area contributed by atoms with E-state index < -0.39 is 129 Å². The first-order chi connectivity index (χ1) is 44.2. The maximum atomic E-state index is 7.26. The van der Waals surface area contributed by atoms with Gasteiger partial charge in [0.2, 0.25) is 0 Å². The molecule has 1 saturated carbocycles. The van der Waals surface area contributed by atoms with Crippen molar-refractivity contribution in [1.29, 1.82) is 0 Å². The van der Waals surface area contributed by atoms with Crippen LogP contribution in [0.4, 0.5) is 0 Å². The first-order valence-corrected chi connectivity index (χ1v) is 51.0. The molecule has 0 aliphatic heterocycles. The molecule has 40 heteroatoms. The lowest BCUT2D eigenvalue weighted by Crippen LogP contribution is -2.96. The highest BCUT2D eigenvalue weighted by atomic mass is 32.2. The maximum Gasteiger partial charge on any atom is 0.529 e. The molecule has 1 aliphatic carbocycles. The highest BCUT2D eigenvalue weighted by Crippen LogP contribution is 2.88. The highest BCUT2D eigenvalue weighted by Gasteiger charge is 2.97. The standard InChI is InChI=1S/C56H122O15S20Si5/c1-21-57-92(58-22-2,59-23-3)52(82,83)46(77,39(16)72)44-37-36-38-45(48(78,40(17)73)53(84,85)93(60-24-4,61-25-5)62-26-6,49(79,41(18)74)54(86,87)94(63-27-7,64-28-8)65-29-9)47(44,50(80,42(19)75)55(88,89)95(66-30-10,67-31-11)68-32-12)51(81,43(20)76)56(90,91)96(69-33-13,70-34-14)71-35-15/h39-44,72-91H,21-38H2,1-20H3. The first kappa shape index (κ1) is 101. The Balaban J connectivity index is 7.44. The van der Waals surface area contributed by atoms with Gasteiger partial charge in [-0.3, -0.25) is 0 Å². The van der Waals surface area contributed by atoms with Crippen LogP contribution >= 0.6 is 253 Å². The molecule has 0 bridgehead atoms. The zero-order valence-electron chi connectivity index (χ0n) is 59.8. The summed E-state index contributed by atoms with van der Waals surface area (Å²) in [4.78, 5) is 0. The van der Waals surface area contributed by atoms with Gasteiger partial charge in [-0.2, -0.15) is 253 Å². The number of hydrogen-bond donors (Lipinski definition) is 20. The SMILES string of the molecule is CCO[Si](OCC)(OCC)C(S)(S)C(S)(C(C)S)C1CCCC(C(S)(C(C)S)C(S)(S)[Si](OCC)(OCC)OCC)(C(S)(C(C)S)C(S)(S)[Si](OCC)(OCC)OCC)C1(C(S)(C(C)S)C(S)(S)[Si](OCC)(OCC)OCC)C(S)(C(C)S)C(S)(S)[Si](OCC)(OCC)OCC. The van der Waals surface area contributed by atoms with Gasteiger partial charge in [0.05, 0.1) is 23.7 Å². The van der Waals surface area contributed by atoms with Gasteiger partial charge >= 0.3 is 44.0 Å². The molecule has 0 aromatic rings. The largest absolute Gasteiger partial charge is 0.529 e.